The summed E-state index contributed by atoms with van der Waals surface area (Å²) in [7, 11) is 1.80. The summed E-state index contributed by atoms with van der Waals surface area (Å²) in [6, 6.07) is 0.481. The molecule has 0 bridgehead atoms. The smallest absolute Gasteiger partial charge is 0.0724 e. The van der Waals surface area contributed by atoms with Crippen molar-refractivity contribution in [2.24, 2.45) is 5.41 Å². The topological polar surface area (TPSA) is 41.5 Å². The van der Waals surface area contributed by atoms with Gasteiger partial charge in [0.1, 0.15) is 0 Å². The Bertz CT molecular complexity index is 184. The van der Waals surface area contributed by atoms with Crippen LogP contribution in [-0.4, -0.2) is 37.5 Å². The van der Waals surface area contributed by atoms with Crippen LogP contribution in [0.1, 0.15) is 46.0 Å². The summed E-state index contributed by atoms with van der Waals surface area (Å²) in [6.07, 6.45) is 6.03. The van der Waals surface area contributed by atoms with E-state index in [4.69, 9.17) is 4.74 Å². The molecule has 0 aromatic heterocycles. The zero-order valence-corrected chi connectivity index (χ0v) is 11.0. The van der Waals surface area contributed by atoms with Gasteiger partial charge in [-0.3, -0.25) is 0 Å². The lowest BCUT2D eigenvalue weighted by molar-refractivity contribution is 0.0677. The van der Waals surface area contributed by atoms with Crippen molar-refractivity contribution in [3.8, 4) is 0 Å². The van der Waals surface area contributed by atoms with Crippen LogP contribution in [0.3, 0.4) is 0 Å². The summed E-state index contributed by atoms with van der Waals surface area (Å²) in [5.41, 5.74) is 0.0564. The number of hydrogen-bond donors (Lipinski definition) is 2. The molecule has 0 heterocycles. The number of aliphatic hydroxyl groups excluding tert-OH is 1. The number of hydrogen-bond acceptors (Lipinski definition) is 3. The highest BCUT2D eigenvalue weighted by Crippen LogP contribution is 2.27. The molecule has 0 spiro atoms. The molecule has 0 aromatic carbocycles. The van der Waals surface area contributed by atoms with E-state index >= 15 is 0 Å². The van der Waals surface area contributed by atoms with Crippen molar-refractivity contribution in [3.05, 3.63) is 0 Å². The molecule has 96 valence electrons. The van der Waals surface area contributed by atoms with Crippen LogP contribution in [-0.2, 0) is 4.74 Å². The number of ether oxygens (including phenoxy) is 1. The Morgan fingerprint density at radius 3 is 2.50 bits per heavy atom. The van der Waals surface area contributed by atoms with Gasteiger partial charge in [-0.15, -0.1) is 0 Å². The monoisotopic (exact) mass is 229 g/mol. The normalized spacial score (nSPS) is 26.2. The minimum absolute atomic E-state index is 0.0564. The van der Waals surface area contributed by atoms with Crippen LogP contribution in [0, 0.1) is 5.41 Å². The predicted octanol–water partition coefficient (Wildman–Crippen LogP) is 1.94. The first-order valence-electron chi connectivity index (χ1n) is 6.58. The summed E-state index contributed by atoms with van der Waals surface area (Å²) in [5.74, 6) is 0. The first kappa shape index (κ1) is 13.9. The highest BCUT2D eigenvalue weighted by atomic mass is 16.5. The lowest BCUT2D eigenvalue weighted by atomic mass is 9.83. The van der Waals surface area contributed by atoms with Gasteiger partial charge in [-0.25, -0.2) is 0 Å². The molecular formula is C13H27NO2. The lowest BCUT2D eigenvalue weighted by Gasteiger charge is -2.32. The van der Waals surface area contributed by atoms with E-state index < -0.39 is 0 Å². The van der Waals surface area contributed by atoms with Crippen molar-refractivity contribution in [2.75, 3.05) is 20.3 Å². The van der Waals surface area contributed by atoms with Crippen LogP contribution < -0.4 is 5.32 Å². The zero-order valence-electron chi connectivity index (χ0n) is 11.0. The predicted molar refractivity (Wildman–Crippen MR) is 66.5 cm³/mol. The van der Waals surface area contributed by atoms with E-state index in [2.05, 4.69) is 19.2 Å². The van der Waals surface area contributed by atoms with Crippen molar-refractivity contribution in [2.45, 2.75) is 58.1 Å². The van der Waals surface area contributed by atoms with Crippen molar-refractivity contribution in [1.82, 2.24) is 5.32 Å². The maximum absolute atomic E-state index is 9.50. The third-order valence-electron chi connectivity index (χ3n) is 4.33. The third kappa shape index (κ3) is 3.19. The fourth-order valence-electron chi connectivity index (χ4n) is 2.57. The van der Waals surface area contributed by atoms with E-state index in [1.165, 1.54) is 19.3 Å². The molecule has 0 radical (unpaired) electrons. The Kier molecular flexibility index (Phi) is 5.73. The van der Waals surface area contributed by atoms with Crippen LogP contribution in [0.5, 0.6) is 0 Å². The van der Waals surface area contributed by atoms with Gasteiger partial charge in [0.2, 0.25) is 0 Å². The van der Waals surface area contributed by atoms with Gasteiger partial charge in [-0.2, -0.15) is 0 Å². The summed E-state index contributed by atoms with van der Waals surface area (Å²) in [4.78, 5) is 0. The Morgan fingerprint density at radius 2 is 2.00 bits per heavy atom. The van der Waals surface area contributed by atoms with E-state index in [0.29, 0.717) is 12.1 Å². The molecule has 0 amide bonds. The van der Waals surface area contributed by atoms with Crippen LogP contribution in [0.4, 0.5) is 0 Å². The maximum atomic E-state index is 9.50. The SMILES string of the molecule is CCC(CC)(CO)CNC1CCCC1OC. The van der Waals surface area contributed by atoms with Crippen LogP contribution in [0.2, 0.25) is 0 Å². The fraction of sp³-hybridized carbons (Fsp3) is 1.00. The number of rotatable bonds is 7. The van der Waals surface area contributed by atoms with Crippen LogP contribution >= 0.6 is 0 Å². The average Bonchev–Trinajstić information content (AvgIpc) is 2.79. The number of aliphatic hydroxyl groups is 1. The van der Waals surface area contributed by atoms with E-state index in [-0.39, 0.29) is 12.0 Å². The zero-order chi connectivity index (χ0) is 12.0. The van der Waals surface area contributed by atoms with E-state index in [1.54, 1.807) is 7.11 Å². The molecule has 3 nitrogen and oxygen atoms in total. The second-order valence-electron chi connectivity index (χ2n) is 5.06. The fourth-order valence-corrected chi connectivity index (χ4v) is 2.57. The number of methoxy groups -OCH3 is 1. The Morgan fingerprint density at radius 1 is 1.31 bits per heavy atom. The summed E-state index contributed by atoms with van der Waals surface area (Å²) < 4.78 is 5.46. The summed E-state index contributed by atoms with van der Waals surface area (Å²) in [5, 5.41) is 13.1. The first-order chi connectivity index (χ1) is 7.71. The van der Waals surface area contributed by atoms with E-state index in [0.717, 1.165) is 19.4 Å². The van der Waals surface area contributed by atoms with Crippen LogP contribution in [0.25, 0.3) is 0 Å². The standard InChI is InChI=1S/C13H27NO2/c1-4-13(5-2,10-15)9-14-11-7-6-8-12(11)16-3/h11-12,14-15H,4-10H2,1-3H3. The van der Waals surface area contributed by atoms with Gasteiger partial charge in [0.25, 0.3) is 0 Å². The molecular weight excluding hydrogens is 202 g/mol. The molecule has 1 saturated carbocycles. The molecule has 3 heteroatoms. The molecule has 0 aliphatic heterocycles. The van der Waals surface area contributed by atoms with Gasteiger partial charge >= 0.3 is 0 Å². The minimum Gasteiger partial charge on any atom is -0.396 e. The van der Waals surface area contributed by atoms with Gasteiger partial charge < -0.3 is 15.2 Å². The van der Waals surface area contributed by atoms with E-state index in [9.17, 15) is 5.11 Å². The Labute approximate surface area is 99.6 Å². The van der Waals surface area contributed by atoms with Gasteiger partial charge in [0, 0.05) is 31.7 Å². The summed E-state index contributed by atoms with van der Waals surface area (Å²) >= 11 is 0. The second kappa shape index (κ2) is 6.58. The van der Waals surface area contributed by atoms with Crippen molar-refractivity contribution in [1.29, 1.82) is 0 Å². The Hall–Kier alpha value is -0.120. The van der Waals surface area contributed by atoms with E-state index in [1.807, 2.05) is 0 Å². The van der Waals surface area contributed by atoms with Gasteiger partial charge in [-0.1, -0.05) is 13.8 Å². The molecule has 1 fully saturated rings. The Balaban J connectivity index is 2.42. The van der Waals surface area contributed by atoms with Gasteiger partial charge in [0.15, 0.2) is 0 Å². The molecule has 0 saturated heterocycles. The number of nitrogens with one attached hydrogen (secondary N) is 1. The summed E-state index contributed by atoms with van der Waals surface area (Å²) in [6.45, 7) is 5.49. The molecule has 0 aromatic rings. The van der Waals surface area contributed by atoms with Crippen LogP contribution in [0.15, 0.2) is 0 Å². The molecule has 2 N–H and O–H groups in total. The van der Waals surface area contributed by atoms with Crippen molar-refractivity contribution in [3.63, 3.8) is 0 Å². The maximum Gasteiger partial charge on any atom is 0.0724 e. The molecule has 1 aliphatic rings. The largest absolute Gasteiger partial charge is 0.396 e. The third-order valence-corrected chi connectivity index (χ3v) is 4.33. The molecule has 2 unspecified atom stereocenters. The minimum atomic E-state index is 0.0564. The quantitative estimate of drug-likeness (QED) is 0.701. The molecule has 1 aliphatic carbocycles. The average molecular weight is 229 g/mol. The first-order valence-corrected chi connectivity index (χ1v) is 6.58. The lowest BCUT2D eigenvalue weighted by Crippen LogP contribution is -2.44. The molecule has 1 rings (SSSR count). The highest BCUT2D eigenvalue weighted by Gasteiger charge is 2.31. The molecule has 16 heavy (non-hydrogen) atoms. The highest BCUT2D eigenvalue weighted by molar-refractivity contribution is 4.87. The van der Waals surface area contributed by atoms with Crippen molar-refractivity contribution >= 4 is 0 Å². The van der Waals surface area contributed by atoms with Gasteiger partial charge in [0.05, 0.1) is 6.10 Å². The molecule has 2 atom stereocenters. The van der Waals surface area contributed by atoms with Gasteiger partial charge in [-0.05, 0) is 32.1 Å². The van der Waals surface area contributed by atoms with Crippen molar-refractivity contribution < 1.29 is 9.84 Å². The second-order valence-corrected chi connectivity index (χ2v) is 5.06.